The van der Waals surface area contributed by atoms with E-state index in [0.717, 1.165) is 31.5 Å². The molecule has 1 saturated heterocycles. The van der Waals surface area contributed by atoms with Gasteiger partial charge in [0.15, 0.2) is 0 Å². The molecular formula is C15H18N2O2. The summed E-state index contributed by atoms with van der Waals surface area (Å²) in [5.41, 5.74) is 1.32. The van der Waals surface area contributed by atoms with Gasteiger partial charge in [-0.25, -0.2) is 0 Å². The molecule has 1 aliphatic rings. The lowest BCUT2D eigenvalue weighted by Gasteiger charge is -2.15. The SMILES string of the molecule is C=Cc1ccccc1C(=O)NCC(=O)N1CCCC1. The quantitative estimate of drug-likeness (QED) is 0.893. The van der Waals surface area contributed by atoms with Crippen molar-refractivity contribution in [3.63, 3.8) is 0 Å². The van der Waals surface area contributed by atoms with Crippen LogP contribution >= 0.6 is 0 Å². The van der Waals surface area contributed by atoms with Crippen LogP contribution in [0.5, 0.6) is 0 Å². The Balaban J connectivity index is 1.93. The Morgan fingerprint density at radius 1 is 1.26 bits per heavy atom. The molecule has 4 heteroatoms. The number of nitrogens with zero attached hydrogens (tertiary/aromatic N) is 1. The van der Waals surface area contributed by atoms with Gasteiger partial charge in [0.05, 0.1) is 6.54 Å². The first-order chi connectivity index (χ1) is 9.22. The van der Waals surface area contributed by atoms with E-state index < -0.39 is 0 Å². The number of rotatable bonds is 4. The lowest BCUT2D eigenvalue weighted by Crippen LogP contribution is -2.38. The minimum absolute atomic E-state index is 0.0121. The fourth-order valence-corrected chi connectivity index (χ4v) is 2.21. The molecule has 0 unspecified atom stereocenters. The normalized spacial score (nSPS) is 14.2. The number of benzene rings is 1. The molecular weight excluding hydrogens is 240 g/mol. The maximum absolute atomic E-state index is 12.0. The van der Waals surface area contributed by atoms with Crippen molar-refractivity contribution in [2.45, 2.75) is 12.8 Å². The van der Waals surface area contributed by atoms with Crippen LogP contribution in [0.4, 0.5) is 0 Å². The second kappa shape index (κ2) is 6.18. The van der Waals surface area contributed by atoms with Crippen LogP contribution in [0.3, 0.4) is 0 Å². The molecule has 1 fully saturated rings. The summed E-state index contributed by atoms with van der Waals surface area (Å²) in [5.74, 6) is -0.245. The molecule has 0 aromatic heterocycles. The van der Waals surface area contributed by atoms with E-state index in [1.54, 1.807) is 23.1 Å². The third kappa shape index (κ3) is 3.22. The van der Waals surface area contributed by atoms with E-state index >= 15 is 0 Å². The first-order valence-corrected chi connectivity index (χ1v) is 6.50. The fraction of sp³-hybridized carbons (Fsp3) is 0.333. The summed E-state index contributed by atoms with van der Waals surface area (Å²) in [7, 11) is 0. The van der Waals surface area contributed by atoms with Gasteiger partial charge < -0.3 is 10.2 Å². The van der Waals surface area contributed by atoms with Crippen molar-refractivity contribution < 1.29 is 9.59 Å². The number of likely N-dealkylation sites (tertiary alicyclic amines) is 1. The maximum atomic E-state index is 12.0. The Morgan fingerprint density at radius 2 is 1.95 bits per heavy atom. The van der Waals surface area contributed by atoms with Crippen molar-refractivity contribution in [3.8, 4) is 0 Å². The molecule has 0 saturated carbocycles. The Kier molecular flexibility index (Phi) is 4.34. The zero-order valence-corrected chi connectivity index (χ0v) is 10.9. The Labute approximate surface area is 113 Å². The highest BCUT2D eigenvalue weighted by atomic mass is 16.2. The molecule has 0 radical (unpaired) electrons. The average Bonchev–Trinajstić information content (AvgIpc) is 2.98. The third-order valence-electron chi connectivity index (χ3n) is 3.28. The fourth-order valence-electron chi connectivity index (χ4n) is 2.21. The molecule has 1 aromatic carbocycles. The van der Waals surface area contributed by atoms with E-state index in [0.29, 0.717) is 5.56 Å². The van der Waals surface area contributed by atoms with Crippen molar-refractivity contribution in [1.82, 2.24) is 10.2 Å². The van der Waals surface area contributed by atoms with Crippen molar-refractivity contribution in [2.24, 2.45) is 0 Å². The van der Waals surface area contributed by atoms with Gasteiger partial charge in [-0.3, -0.25) is 9.59 Å². The Morgan fingerprint density at radius 3 is 2.63 bits per heavy atom. The second-order valence-electron chi connectivity index (χ2n) is 4.56. The van der Waals surface area contributed by atoms with Crippen molar-refractivity contribution in [1.29, 1.82) is 0 Å². The van der Waals surface area contributed by atoms with E-state index in [9.17, 15) is 9.59 Å². The highest BCUT2D eigenvalue weighted by molar-refractivity contribution is 5.99. The van der Waals surface area contributed by atoms with Crippen LogP contribution in [-0.2, 0) is 4.79 Å². The summed E-state index contributed by atoms with van der Waals surface area (Å²) >= 11 is 0. The van der Waals surface area contributed by atoms with Gasteiger partial charge in [-0.2, -0.15) is 0 Å². The summed E-state index contributed by atoms with van der Waals surface area (Å²) in [4.78, 5) is 25.6. The summed E-state index contributed by atoms with van der Waals surface area (Å²) in [6.45, 7) is 5.34. The van der Waals surface area contributed by atoms with Gasteiger partial charge in [-0.1, -0.05) is 30.9 Å². The molecule has 1 aliphatic heterocycles. The van der Waals surface area contributed by atoms with E-state index in [1.165, 1.54) is 0 Å². The van der Waals surface area contributed by atoms with Crippen LogP contribution in [0, 0.1) is 0 Å². The molecule has 1 aromatic rings. The molecule has 1 N–H and O–H groups in total. The van der Waals surface area contributed by atoms with Crippen molar-refractivity contribution in [3.05, 3.63) is 42.0 Å². The molecule has 4 nitrogen and oxygen atoms in total. The predicted octanol–water partition coefficient (Wildman–Crippen LogP) is 1.68. The molecule has 2 rings (SSSR count). The van der Waals surface area contributed by atoms with E-state index in [4.69, 9.17) is 0 Å². The largest absolute Gasteiger partial charge is 0.343 e. The summed E-state index contributed by atoms with van der Waals surface area (Å²) in [6, 6.07) is 7.20. The molecule has 0 aliphatic carbocycles. The minimum Gasteiger partial charge on any atom is -0.343 e. The summed E-state index contributed by atoms with van der Waals surface area (Å²) in [5, 5.41) is 2.67. The van der Waals surface area contributed by atoms with E-state index in [-0.39, 0.29) is 18.4 Å². The molecule has 19 heavy (non-hydrogen) atoms. The molecule has 1 heterocycles. The van der Waals surface area contributed by atoms with Crippen molar-refractivity contribution in [2.75, 3.05) is 19.6 Å². The first kappa shape index (κ1) is 13.3. The molecule has 100 valence electrons. The number of hydrogen-bond acceptors (Lipinski definition) is 2. The summed E-state index contributed by atoms with van der Waals surface area (Å²) in [6.07, 6.45) is 3.75. The van der Waals surface area contributed by atoms with Gasteiger partial charge >= 0.3 is 0 Å². The van der Waals surface area contributed by atoms with Crippen LogP contribution in [0.15, 0.2) is 30.8 Å². The van der Waals surface area contributed by atoms with Gasteiger partial charge in [-0.05, 0) is 24.5 Å². The lowest BCUT2D eigenvalue weighted by molar-refractivity contribution is -0.129. The average molecular weight is 258 g/mol. The van der Waals surface area contributed by atoms with Gasteiger partial charge in [0, 0.05) is 18.7 Å². The minimum atomic E-state index is -0.233. The highest BCUT2D eigenvalue weighted by Crippen LogP contribution is 2.10. The standard InChI is InChI=1S/C15H18N2O2/c1-2-12-7-3-4-8-13(12)15(19)16-11-14(18)17-9-5-6-10-17/h2-4,7-8H,1,5-6,9-11H2,(H,16,19). The van der Waals surface area contributed by atoms with Gasteiger partial charge in [-0.15, -0.1) is 0 Å². The molecule has 2 amide bonds. The van der Waals surface area contributed by atoms with E-state index in [1.807, 2.05) is 12.1 Å². The maximum Gasteiger partial charge on any atom is 0.252 e. The second-order valence-corrected chi connectivity index (χ2v) is 4.56. The first-order valence-electron chi connectivity index (χ1n) is 6.50. The monoisotopic (exact) mass is 258 g/mol. The smallest absolute Gasteiger partial charge is 0.252 e. The number of nitrogens with one attached hydrogen (secondary N) is 1. The molecule has 0 atom stereocenters. The lowest BCUT2D eigenvalue weighted by atomic mass is 10.1. The van der Waals surface area contributed by atoms with E-state index in [2.05, 4.69) is 11.9 Å². The van der Waals surface area contributed by atoms with Crippen LogP contribution in [0.2, 0.25) is 0 Å². The van der Waals surface area contributed by atoms with Crippen LogP contribution in [0.1, 0.15) is 28.8 Å². The number of hydrogen-bond donors (Lipinski definition) is 1. The third-order valence-corrected chi connectivity index (χ3v) is 3.28. The predicted molar refractivity (Wildman–Crippen MR) is 74.7 cm³/mol. The zero-order valence-electron chi connectivity index (χ0n) is 10.9. The number of carbonyl (C=O) groups is 2. The molecule has 0 bridgehead atoms. The topological polar surface area (TPSA) is 49.4 Å². The van der Waals surface area contributed by atoms with Crippen LogP contribution in [0.25, 0.3) is 6.08 Å². The molecule has 0 spiro atoms. The van der Waals surface area contributed by atoms with Crippen molar-refractivity contribution >= 4 is 17.9 Å². The number of carbonyl (C=O) groups excluding carboxylic acids is 2. The Bertz CT molecular complexity index is 491. The van der Waals surface area contributed by atoms with Gasteiger partial charge in [0.1, 0.15) is 0 Å². The van der Waals surface area contributed by atoms with Crippen LogP contribution in [-0.4, -0.2) is 36.3 Å². The summed E-state index contributed by atoms with van der Waals surface area (Å²) < 4.78 is 0. The highest BCUT2D eigenvalue weighted by Gasteiger charge is 2.18. The number of amides is 2. The van der Waals surface area contributed by atoms with Gasteiger partial charge in [0.25, 0.3) is 5.91 Å². The zero-order chi connectivity index (χ0) is 13.7. The Hall–Kier alpha value is -2.10. The van der Waals surface area contributed by atoms with Crippen LogP contribution < -0.4 is 5.32 Å². The van der Waals surface area contributed by atoms with Gasteiger partial charge in [0.2, 0.25) is 5.91 Å².